The van der Waals surface area contributed by atoms with Crippen LogP contribution in [0.4, 0.5) is 0 Å². The van der Waals surface area contributed by atoms with Crippen molar-refractivity contribution >= 4 is 10.0 Å². The summed E-state index contributed by atoms with van der Waals surface area (Å²) in [5, 5.41) is 14.4. The van der Waals surface area contributed by atoms with Gasteiger partial charge in [-0.05, 0) is 11.6 Å². The van der Waals surface area contributed by atoms with Gasteiger partial charge >= 0.3 is 0 Å². The van der Waals surface area contributed by atoms with E-state index in [1.54, 1.807) is 25.2 Å². The first-order valence-electron chi connectivity index (χ1n) is 4.66. The minimum atomic E-state index is -3.91. The van der Waals surface area contributed by atoms with Gasteiger partial charge in [-0.1, -0.05) is 0 Å². The maximum Gasteiger partial charge on any atom is 0.267 e. The van der Waals surface area contributed by atoms with Crippen molar-refractivity contribution in [3.63, 3.8) is 0 Å². The van der Waals surface area contributed by atoms with Gasteiger partial charge in [0.1, 0.15) is 5.25 Å². The minimum absolute atomic E-state index is 0.278. The van der Waals surface area contributed by atoms with Gasteiger partial charge in [0.25, 0.3) is 5.70 Å². The summed E-state index contributed by atoms with van der Waals surface area (Å²) in [6.07, 6.45) is 5.22. The molecular weight excluding hydrogens is 246 g/mol. The lowest BCUT2D eigenvalue weighted by molar-refractivity contribution is -0.419. The number of primary sulfonamides is 1. The lowest BCUT2D eigenvalue weighted by Gasteiger charge is -2.17. The van der Waals surface area contributed by atoms with Crippen molar-refractivity contribution in [2.75, 3.05) is 14.1 Å². The second-order valence-electron chi connectivity index (χ2n) is 3.78. The molecule has 7 nitrogen and oxygen atoms in total. The molecule has 17 heavy (non-hydrogen) atoms. The fraction of sp³-hybridized carbons (Fsp3) is 0.333. The van der Waals surface area contributed by atoms with Crippen molar-refractivity contribution in [1.82, 2.24) is 4.90 Å². The molecule has 1 aliphatic rings. The average Bonchev–Trinajstić information content (AvgIpc) is 2.15. The molecule has 0 radical (unpaired) electrons. The standard InChI is InChI=1S/C9H13N3O4S/c1-11(2)6-7-3-4-8(12(13)14)5-9(7)17(10,15)16/h3-6,9H,1-2H3,(H2,10,15,16). The molecule has 0 heterocycles. The highest BCUT2D eigenvalue weighted by atomic mass is 32.2. The molecule has 0 bridgehead atoms. The van der Waals surface area contributed by atoms with E-state index in [1.807, 2.05) is 0 Å². The Labute approximate surface area is 99.1 Å². The van der Waals surface area contributed by atoms with E-state index in [-0.39, 0.29) is 5.70 Å². The van der Waals surface area contributed by atoms with Crippen LogP contribution >= 0.6 is 0 Å². The molecule has 0 saturated carbocycles. The van der Waals surface area contributed by atoms with E-state index in [2.05, 4.69) is 0 Å². The molecule has 0 spiro atoms. The number of hydrogen-bond acceptors (Lipinski definition) is 5. The minimum Gasteiger partial charge on any atom is -0.383 e. The van der Waals surface area contributed by atoms with E-state index >= 15 is 0 Å². The molecule has 94 valence electrons. The first-order chi connectivity index (χ1) is 7.71. The van der Waals surface area contributed by atoms with Gasteiger partial charge in [0.05, 0.1) is 4.92 Å². The Morgan fingerprint density at radius 1 is 1.47 bits per heavy atom. The van der Waals surface area contributed by atoms with Crippen molar-refractivity contribution in [2.24, 2.45) is 5.14 Å². The number of hydrogen-bond donors (Lipinski definition) is 1. The topological polar surface area (TPSA) is 107 Å². The first kappa shape index (κ1) is 13.4. The Hall–Kier alpha value is -1.67. The largest absolute Gasteiger partial charge is 0.383 e. The van der Waals surface area contributed by atoms with Crippen molar-refractivity contribution in [3.05, 3.63) is 45.8 Å². The van der Waals surface area contributed by atoms with Crippen LogP contribution in [-0.4, -0.2) is 37.6 Å². The van der Waals surface area contributed by atoms with E-state index < -0.39 is 20.2 Å². The number of allylic oxidation sites excluding steroid dienone is 2. The Kier molecular flexibility index (Phi) is 3.69. The molecule has 8 heteroatoms. The van der Waals surface area contributed by atoms with Crippen molar-refractivity contribution in [3.8, 4) is 0 Å². The summed E-state index contributed by atoms with van der Waals surface area (Å²) < 4.78 is 22.7. The summed E-state index contributed by atoms with van der Waals surface area (Å²) >= 11 is 0. The zero-order valence-electron chi connectivity index (χ0n) is 9.40. The van der Waals surface area contributed by atoms with Crippen LogP contribution in [0.1, 0.15) is 0 Å². The monoisotopic (exact) mass is 259 g/mol. The lowest BCUT2D eigenvalue weighted by atomic mass is 10.1. The van der Waals surface area contributed by atoms with Crippen LogP contribution < -0.4 is 5.14 Å². The molecule has 0 aromatic rings. The third-order valence-electron chi connectivity index (χ3n) is 2.07. The van der Waals surface area contributed by atoms with E-state index in [1.165, 1.54) is 12.2 Å². The summed E-state index contributed by atoms with van der Waals surface area (Å²) in [7, 11) is -0.482. The van der Waals surface area contributed by atoms with Gasteiger partial charge in [-0.3, -0.25) is 10.1 Å². The highest BCUT2D eigenvalue weighted by molar-refractivity contribution is 7.90. The van der Waals surface area contributed by atoms with Gasteiger partial charge < -0.3 is 4.90 Å². The number of rotatable bonds is 3. The molecule has 0 aliphatic heterocycles. The Bertz CT molecular complexity index is 516. The number of nitrogens with two attached hydrogens (primary N) is 1. The van der Waals surface area contributed by atoms with Gasteiger partial charge in [0, 0.05) is 32.4 Å². The van der Waals surface area contributed by atoms with Gasteiger partial charge in [0.2, 0.25) is 10.0 Å². The SMILES string of the molecule is CN(C)C=C1C=CC([N+](=O)[O-])=CC1S(N)(=O)=O. The predicted octanol–water partition coefficient (Wildman–Crippen LogP) is -0.181. The number of nitrogens with zero attached hydrogens (tertiary/aromatic N) is 2. The van der Waals surface area contributed by atoms with Crippen molar-refractivity contribution in [2.45, 2.75) is 5.25 Å². The quantitative estimate of drug-likeness (QED) is 0.559. The molecule has 1 unspecified atom stereocenters. The maximum absolute atomic E-state index is 11.4. The molecule has 0 aromatic carbocycles. The Morgan fingerprint density at radius 3 is 2.47 bits per heavy atom. The molecule has 0 fully saturated rings. The average molecular weight is 259 g/mol. The Morgan fingerprint density at radius 2 is 2.06 bits per heavy atom. The molecule has 0 aromatic heterocycles. The summed E-state index contributed by atoms with van der Waals surface area (Å²) in [5.74, 6) is 0. The van der Waals surface area contributed by atoms with E-state index in [0.717, 1.165) is 6.08 Å². The van der Waals surface area contributed by atoms with Crippen LogP contribution in [0.2, 0.25) is 0 Å². The normalized spacial score (nSPS) is 22.4. The van der Waals surface area contributed by atoms with Crippen LogP contribution in [0.15, 0.2) is 35.7 Å². The molecule has 0 saturated heterocycles. The molecule has 1 rings (SSSR count). The highest BCUT2D eigenvalue weighted by Gasteiger charge is 2.28. The zero-order valence-corrected chi connectivity index (χ0v) is 10.2. The number of nitro groups is 1. The molecule has 1 atom stereocenters. The van der Waals surface area contributed by atoms with Gasteiger partial charge in [0.15, 0.2) is 0 Å². The predicted molar refractivity (Wildman–Crippen MR) is 62.9 cm³/mol. The van der Waals surface area contributed by atoms with Crippen LogP contribution in [0.25, 0.3) is 0 Å². The lowest BCUT2D eigenvalue weighted by Crippen LogP contribution is -2.31. The fourth-order valence-corrected chi connectivity index (χ4v) is 2.25. The molecule has 2 N–H and O–H groups in total. The van der Waals surface area contributed by atoms with Crippen LogP contribution in [-0.2, 0) is 10.0 Å². The second kappa shape index (κ2) is 4.68. The van der Waals surface area contributed by atoms with E-state index in [9.17, 15) is 18.5 Å². The van der Waals surface area contributed by atoms with Crippen LogP contribution in [0.5, 0.6) is 0 Å². The molecular formula is C9H13N3O4S. The highest BCUT2D eigenvalue weighted by Crippen LogP contribution is 2.21. The molecule has 0 amide bonds. The second-order valence-corrected chi connectivity index (χ2v) is 5.47. The summed E-state index contributed by atoms with van der Waals surface area (Å²) in [6.45, 7) is 0. The number of sulfonamides is 1. The van der Waals surface area contributed by atoms with Crippen molar-refractivity contribution < 1.29 is 13.3 Å². The maximum atomic E-state index is 11.4. The zero-order chi connectivity index (χ0) is 13.2. The third kappa shape index (κ3) is 3.40. The third-order valence-corrected chi connectivity index (χ3v) is 3.19. The van der Waals surface area contributed by atoms with Gasteiger partial charge in [-0.2, -0.15) is 0 Å². The van der Waals surface area contributed by atoms with Gasteiger partial charge in [-0.25, -0.2) is 13.6 Å². The van der Waals surface area contributed by atoms with Crippen LogP contribution in [0, 0.1) is 10.1 Å². The van der Waals surface area contributed by atoms with Crippen molar-refractivity contribution in [1.29, 1.82) is 0 Å². The summed E-state index contributed by atoms with van der Waals surface area (Å²) in [5.41, 5.74) is 0.114. The van der Waals surface area contributed by atoms with Crippen LogP contribution in [0.3, 0.4) is 0 Å². The molecule has 1 aliphatic carbocycles. The fourth-order valence-electron chi connectivity index (χ4n) is 1.40. The summed E-state index contributed by atoms with van der Waals surface area (Å²) in [6, 6.07) is 0. The first-order valence-corrected chi connectivity index (χ1v) is 6.27. The smallest absolute Gasteiger partial charge is 0.267 e. The van der Waals surface area contributed by atoms with E-state index in [0.29, 0.717) is 5.57 Å². The van der Waals surface area contributed by atoms with Gasteiger partial charge in [-0.15, -0.1) is 0 Å². The Balaban J connectivity index is 3.24. The summed E-state index contributed by atoms with van der Waals surface area (Å²) in [4.78, 5) is 11.6. The van der Waals surface area contributed by atoms with E-state index in [4.69, 9.17) is 5.14 Å².